The number of ether oxygens (including phenoxy) is 1. The van der Waals surface area contributed by atoms with Crippen molar-refractivity contribution >= 4 is 11.6 Å². The largest absolute Gasteiger partial charge is 0.497 e. The van der Waals surface area contributed by atoms with E-state index in [9.17, 15) is 4.79 Å². The van der Waals surface area contributed by atoms with Gasteiger partial charge in [0.25, 0.3) is 0 Å². The molecule has 86 valence electrons. The third-order valence-corrected chi connectivity index (χ3v) is 3.17. The quantitative estimate of drug-likeness (QED) is 0.764. The Balaban J connectivity index is 2.22. The van der Waals surface area contributed by atoms with E-state index in [-0.39, 0.29) is 11.3 Å². The second-order valence-corrected chi connectivity index (χ2v) is 4.79. The average Bonchev–Trinajstić information content (AvgIpc) is 2.55. The van der Waals surface area contributed by atoms with Crippen molar-refractivity contribution in [2.75, 3.05) is 18.6 Å². The minimum Gasteiger partial charge on any atom is -0.497 e. The molecule has 0 spiro atoms. The summed E-state index contributed by atoms with van der Waals surface area (Å²) in [6, 6.07) is 7.62. The smallest absolute Gasteiger partial charge is 0.232 e. The summed E-state index contributed by atoms with van der Waals surface area (Å²) < 4.78 is 5.10. The van der Waals surface area contributed by atoms with Crippen LogP contribution in [0.3, 0.4) is 0 Å². The van der Waals surface area contributed by atoms with Crippen LogP contribution in [0, 0.1) is 5.41 Å². The number of amides is 1. The molecule has 0 aliphatic carbocycles. The van der Waals surface area contributed by atoms with E-state index >= 15 is 0 Å². The molecule has 16 heavy (non-hydrogen) atoms. The maximum Gasteiger partial charge on any atom is 0.232 e. The summed E-state index contributed by atoms with van der Waals surface area (Å²) in [5, 5.41) is 0. The van der Waals surface area contributed by atoms with E-state index in [1.807, 2.05) is 43.0 Å². The zero-order valence-electron chi connectivity index (χ0n) is 9.99. The van der Waals surface area contributed by atoms with Crippen LogP contribution in [0.25, 0.3) is 0 Å². The number of carbonyl (C=O) groups excluding carboxylic acids is 1. The van der Waals surface area contributed by atoms with Gasteiger partial charge in [0.15, 0.2) is 0 Å². The number of hydrogen-bond acceptors (Lipinski definition) is 2. The monoisotopic (exact) mass is 219 g/mol. The number of rotatable bonds is 2. The van der Waals surface area contributed by atoms with Crippen molar-refractivity contribution in [1.29, 1.82) is 0 Å². The van der Waals surface area contributed by atoms with E-state index in [0.717, 1.165) is 24.4 Å². The lowest BCUT2D eigenvalue weighted by molar-refractivity contribution is -0.123. The molecule has 1 aliphatic heterocycles. The van der Waals surface area contributed by atoms with Gasteiger partial charge < -0.3 is 9.64 Å². The molecule has 0 N–H and O–H groups in total. The first-order valence-corrected chi connectivity index (χ1v) is 5.50. The van der Waals surface area contributed by atoms with E-state index in [0.29, 0.717) is 0 Å². The molecular formula is C13H17NO2. The highest BCUT2D eigenvalue weighted by Crippen LogP contribution is 2.34. The third kappa shape index (κ3) is 1.77. The van der Waals surface area contributed by atoms with Crippen LogP contribution in [0.1, 0.15) is 20.3 Å². The van der Waals surface area contributed by atoms with E-state index in [2.05, 4.69) is 0 Å². The van der Waals surface area contributed by atoms with Crippen molar-refractivity contribution in [1.82, 2.24) is 0 Å². The summed E-state index contributed by atoms with van der Waals surface area (Å²) in [5.74, 6) is 1.02. The molecule has 0 saturated carbocycles. The van der Waals surface area contributed by atoms with Crippen molar-refractivity contribution in [2.24, 2.45) is 5.41 Å². The molecule has 0 bridgehead atoms. The summed E-state index contributed by atoms with van der Waals surface area (Å²) in [5.41, 5.74) is 0.733. The van der Waals surface area contributed by atoms with E-state index < -0.39 is 0 Å². The lowest BCUT2D eigenvalue weighted by atomic mass is 9.92. The van der Waals surface area contributed by atoms with Gasteiger partial charge in [0.1, 0.15) is 5.75 Å². The molecule has 1 aromatic carbocycles. The van der Waals surface area contributed by atoms with Gasteiger partial charge >= 0.3 is 0 Å². The van der Waals surface area contributed by atoms with E-state index in [1.54, 1.807) is 7.11 Å². The number of anilines is 1. The summed E-state index contributed by atoms with van der Waals surface area (Å²) in [6.07, 6.45) is 0.915. The molecule has 2 rings (SSSR count). The zero-order chi connectivity index (χ0) is 11.8. The Morgan fingerprint density at radius 2 is 1.88 bits per heavy atom. The van der Waals surface area contributed by atoms with Gasteiger partial charge in [-0.25, -0.2) is 0 Å². The van der Waals surface area contributed by atoms with Crippen LogP contribution in [0.4, 0.5) is 5.69 Å². The molecule has 1 fully saturated rings. The summed E-state index contributed by atoms with van der Waals surface area (Å²) in [4.78, 5) is 13.9. The van der Waals surface area contributed by atoms with Gasteiger partial charge in [-0.2, -0.15) is 0 Å². The number of nitrogens with zero attached hydrogens (tertiary/aromatic N) is 1. The Hall–Kier alpha value is -1.51. The van der Waals surface area contributed by atoms with Gasteiger partial charge in [-0.15, -0.1) is 0 Å². The highest BCUT2D eigenvalue weighted by molar-refractivity contribution is 5.99. The van der Waals surface area contributed by atoms with Gasteiger partial charge in [-0.3, -0.25) is 4.79 Å². The number of methoxy groups -OCH3 is 1. The maximum atomic E-state index is 12.1. The Morgan fingerprint density at radius 3 is 2.31 bits per heavy atom. The summed E-state index contributed by atoms with van der Waals surface area (Å²) >= 11 is 0. The SMILES string of the molecule is COc1ccc(N2CCC(C)(C)C2=O)cc1. The fourth-order valence-electron chi connectivity index (χ4n) is 1.97. The molecule has 1 heterocycles. The first-order valence-electron chi connectivity index (χ1n) is 5.50. The maximum absolute atomic E-state index is 12.1. The summed E-state index contributed by atoms with van der Waals surface area (Å²) in [7, 11) is 1.64. The molecule has 0 radical (unpaired) electrons. The lowest BCUT2D eigenvalue weighted by Gasteiger charge is -2.19. The van der Waals surface area contributed by atoms with Gasteiger partial charge in [-0.1, -0.05) is 13.8 Å². The van der Waals surface area contributed by atoms with Gasteiger partial charge in [-0.05, 0) is 30.7 Å². The van der Waals surface area contributed by atoms with Crippen LogP contribution >= 0.6 is 0 Å². The number of hydrogen-bond donors (Lipinski definition) is 0. The Morgan fingerprint density at radius 1 is 1.25 bits per heavy atom. The average molecular weight is 219 g/mol. The molecule has 3 nitrogen and oxygen atoms in total. The normalized spacial score (nSPS) is 18.9. The minimum atomic E-state index is -0.222. The van der Waals surface area contributed by atoms with Crippen molar-refractivity contribution in [2.45, 2.75) is 20.3 Å². The predicted octanol–water partition coefficient (Wildman–Crippen LogP) is 2.46. The highest BCUT2D eigenvalue weighted by atomic mass is 16.5. The standard InChI is InChI=1S/C13H17NO2/c1-13(2)8-9-14(12(13)15)10-4-6-11(16-3)7-5-10/h4-7H,8-9H2,1-3H3. The predicted molar refractivity (Wildman–Crippen MR) is 63.7 cm³/mol. The Labute approximate surface area is 96.0 Å². The highest BCUT2D eigenvalue weighted by Gasteiger charge is 2.39. The van der Waals surface area contributed by atoms with Crippen LogP contribution in [-0.4, -0.2) is 19.6 Å². The molecule has 3 heteroatoms. The molecule has 0 aromatic heterocycles. The molecule has 1 aliphatic rings. The van der Waals surface area contributed by atoms with E-state index in [1.165, 1.54) is 0 Å². The fraction of sp³-hybridized carbons (Fsp3) is 0.462. The number of carbonyl (C=O) groups is 1. The minimum absolute atomic E-state index is 0.206. The van der Waals surface area contributed by atoms with Crippen molar-refractivity contribution in [3.05, 3.63) is 24.3 Å². The Kier molecular flexibility index (Phi) is 2.62. The van der Waals surface area contributed by atoms with Crippen LogP contribution in [0.5, 0.6) is 5.75 Å². The lowest BCUT2D eigenvalue weighted by Crippen LogP contribution is -2.30. The van der Waals surface area contributed by atoms with Gasteiger partial charge in [0, 0.05) is 17.6 Å². The Bertz CT molecular complexity index is 395. The van der Waals surface area contributed by atoms with Crippen LogP contribution < -0.4 is 9.64 Å². The van der Waals surface area contributed by atoms with E-state index in [4.69, 9.17) is 4.74 Å². The third-order valence-electron chi connectivity index (χ3n) is 3.17. The molecule has 0 unspecified atom stereocenters. The van der Waals surface area contributed by atoms with Crippen molar-refractivity contribution in [3.63, 3.8) is 0 Å². The molecule has 1 amide bonds. The molecule has 1 saturated heterocycles. The van der Waals surface area contributed by atoms with Gasteiger partial charge in [0.2, 0.25) is 5.91 Å². The topological polar surface area (TPSA) is 29.5 Å². The van der Waals surface area contributed by atoms with Crippen LogP contribution in [0.15, 0.2) is 24.3 Å². The van der Waals surface area contributed by atoms with Crippen molar-refractivity contribution < 1.29 is 9.53 Å². The second kappa shape index (κ2) is 3.81. The van der Waals surface area contributed by atoms with Crippen molar-refractivity contribution in [3.8, 4) is 5.75 Å². The fourth-order valence-corrected chi connectivity index (χ4v) is 1.97. The molecular weight excluding hydrogens is 202 g/mol. The molecule has 0 atom stereocenters. The molecule has 1 aromatic rings. The summed E-state index contributed by atoms with van der Waals surface area (Å²) in [6.45, 7) is 4.80. The first-order chi connectivity index (χ1) is 7.54. The van der Waals surface area contributed by atoms with Crippen LogP contribution in [-0.2, 0) is 4.79 Å². The number of benzene rings is 1. The van der Waals surface area contributed by atoms with Crippen LogP contribution in [0.2, 0.25) is 0 Å². The zero-order valence-corrected chi connectivity index (χ0v) is 9.99. The second-order valence-electron chi connectivity index (χ2n) is 4.79. The van der Waals surface area contributed by atoms with Gasteiger partial charge in [0.05, 0.1) is 7.11 Å². The first kappa shape index (κ1) is 11.0.